The van der Waals surface area contributed by atoms with Crippen molar-refractivity contribution in [2.45, 2.75) is 0 Å². The van der Waals surface area contributed by atoms with Gasteiger partial charge in [0.05, 0.1) is 11.4 Å². The third-order valence-electron chi connectivity index (χ3n) is 4.74. The summed E-state index contributed by atoms with van der Waals surface area (Å²) in [6.07, 6.45) is 0. The maximum Gasteiger partial charge on any atom is 0.0722 e. The number of benzene rings is 4. The second-order valence-corrected chi connectivity index (χ2v) is 6.31. The quantitative estimate of drug-likeness (QED) is 0.349. The van der Waals surface area contributed by atoms with E-state index in [4.69, 9.17) is 5.32 Å². The lowest BCUT2D eigenvalue weighted by molar-refractivity contribution is 1.24. The van der Waals surface area contributed by atoms with Gasteiger partial charge in [-0.2, -0.15) is 0 Å². The lowest BCUT2D eigenvalue weighted by Crippen LogP contribution is -1.84. The van der Waals surface area contributed by atoms with Crippen LogP contribution in [0.2, 0.25) is 0 Å². The Labute approximate surface area is 147 Å². The topological polar surface area (TPSA) is 14.1 Å². The summed E-state index contributed by atoms with van der Waals surface area (Å²) in [6.45, 7) is 0. The van der Waals surface area contributed by atoms with Crippen molar-refractivity contribution in [3.63, 3.8) is 0 Å². The van der Waals surface area contributed by atoms with Crippen molar-refractivity contribution in [3.8, 4) is 33.4 Å². The first kappa shape index (κ1) is 14.1. The van der Waals surface area contributed by atoms with Crippen molar-refractivity contribution in [3.05, 3.63) is 97.1 Å². The summed E-state index contributed by atoms with van der Waals surface area (Å²) >= 11 is 0. The van der Waals surface area contributed by atoms with Gasteiger partial charge >= 0.3 is 0 Å². The van der Waals surface area contributed by atoms with Gasteiger partial charge in [0.25, 0.3) is 0 Å². The first-order valence-electron chi connectivity index (χ1n) is 8.49. The van der Waals surface area contributed by atoms with Crippen LogP contribution in [0.3, 0.4) is 0 Å². The van der Waals surface area contributed by atoms with Gasteiger partial charge in [-0.1, -0.05) is 84.9 Å². The molecule has 1 radical (unpaired) electrons. The molecule has 1 aliphatic rings. The highest BCUT2D eigenvalue weighted by Gasteiger charge is 2.20. The molecule has 0 fully saturated rings. The van der Waals surface area contributed by atoms with Crippen LogP contribution in [-0.2, 0) is 0 Å². The number of rotatable bonds is 2. The van der Waals surface area contributed by atoms with Crippen LogP contribution in [0.1, 0.15) is 0 Å². The molecule has 0 aliphatic carbocycles. The SMILES string of the molecule is c1ccc(-c2ccc3c(c2)[N]c2cc(-c4ccccc4)ccc2-3)cc1. The summed E-state index contributed by atoms with van der Waals surface area (Å²) in [5.41, 5.74) is 9.41. The standard InChI is InChI=1S/C24H16N/c1-3-7-17(8-4-1)19-11-13-21-22-14-12-20(18-9-5-2-6-10-18)16-24(22)25-23(21)15-19/h1-16H. The Balaban J connectivity index is 1.55. The van der Waals surface area contributed by atoms with Crippen LogP contribution < -0.4 is 5.32 Å². The van der Waals surface area contributed by atoms with Crippen molar-refractivity contribution in [2.75, 3.05) is 0 Å². The molecular weight excluding hydrogens is 302 g/mol. The molecule has 0 N–H and O–H groups in total. The van der Waals surface area contributed by atoms with Crippen LogP contribution in [0, 0.1) is 0 Å². The number of hydrogen-bond acceptors (Lipinski definition) is 0. The highest BCUT2D eigenvalue weighted by molar-refractivity contribution is 5.94. The molecule has 0 unspecified atom stereocenters. The van der Waals surface area contributed by atoms with E-state index in [1.165, 1.54) is 33.4 Å². The molecule has 4 aromatic rings. The minimum Gasteiger partial charge on any atom is -0.248 e. The van der Waals surface area contributed by atoms with Crippen molar-refractivity contribution in [1.82, 2.24) is 5.32 Å². The van der Waals surface area contributed by atoms with E-state index in [2.05, 4.69) is 84.9 Å². The average molecular weight is 318 g/mol. The van der Waals surface area contributed by atoms with Crippen molar-refractivity contribution >= 4 is 11.4 Å². The van der Waals surface area contributed by atoms with Gasteiger partial charge in [0.2, 0.25) is 0 Å². The van der Waals surface area contributed by atoms with Gasteiger partial charge in [-0.3, -0.25) is 0 Å². The highest BCUT2D eigenvalue weighted by Crippen LogP contribution is 2.45. The zero-order chi connectivity index (χ0) is 16.6. The van der Waals surface area contributed by atoms with Crippen LogP contribution >= 0.6 is 0 Å². The van der Waals surface area contributed by atoms with Crippen LogP contribution in [0.4, 0.5) is 11.4 Å². The highest BCUT2D eigenvalue weighted by atomic mass is 14.9. The van der Waals surface area contributed by atoms with Crippen LogP contribution in [-0.4, -0.2) is 0 Å². The molecule has 0 saturated heterocycles. The van der Waals surface area contributed by atoms with Gasteiger partial charge in [0.15, 0.2) is 0 Å². The maximum atomic E-state index is 4.89. The Morgan fingerprint density at radius 1 is 0.400 bits per heavy atom. The Bertz CT molecular complexity index is 963. The second kappa shape index (κ2) is 5.64. The molecule has 1 heteroatoms. The minimum absolute atomic E-state index is 1.06. The van der Waals surface area contributed by atoms with Crippen LogP contribution in [0.15, 0.2) is 97.1 Å². The monoisotopic (exact) mass is 318 g/mol. The zero-order valence-electron chi connectivity index (χ0n) is 13.7. The first-order chi connectivity index (χ1) is 12.4. The van der Waals surface area contributed by atoms with E-state index in [9.17, 15) is 0 Å². The predicted molar refractivity (Wildman–Crippen MR) is 104 cm³/mol. The molecule has 0 atom stereocenters. The molecule has 117 valence electrons. The molecule has 0 bridgehead atoms. The molecule has 0 spiro atoms. The van der Waals surface area contributed by atoms with Gasteiger partial charge in [0.1, 0.15) is 0 Å². The van der Waals surface area contributed by atoms with E-state index in [1.807, 2.05) is 12.1 Å². The van der Waals surface area contributed by atoms with E-state index in [-0.39, 0.29) is 0 Å². The molecule has 1 nitrogen and oxygen atoms in total. The van der Waals surface area contributed by atoms with Crippen molar-refractivity contribution in [2.24, 2.45) is 0 Å². The summed E-state index contributed by atoms with van der Waals surface area (Å²) in [5, 5.41) is 4.89. The number of hydrogen-bond donors (Lipinski definition) is 0. The normalized spacial score (nSPS) is 11.5. The molecule has 1 heterocycles. The van der Waals surface area contributed by atoms with Crippen LogP contribution in [0.5, 0.6) is 0 Å². The van der Waals surface area contributed by atoms with E-state index in [0.29, 0.717) is 0 Å². The fraction of sp³-hybridized carbons (Fsp3) is 0. The zero-order valence-corrected chi connectivity index (χ0v) is 13.7. The van der Waals surface area contributed by atoms with E-state index in [0.717, 1.165) is 11.4 Å². The Morgan fingerprint density at radius 3 is 1.28 bits per heavy atom. The summed E-state index contributed by atoms with van der Waals surface area (Å²) in [5.74, 6) is 0. The smallest absolute Gasteiger partial charge is 0.0722 e. The summed E-state index contributed by atoms with van der Waals surface area (Å²) in [7, 11) is 0. The average Bonchev–Trinajstić information content (AvgIpc) is 3.06. The van der Waals surface area contributed by atoms with Crippen LogP contribution in [0.25, 0.3) is 33.4 Å². The maximum absolute atomic E-state index is 4.89. The van der Waals surface area contributed by atoms with Crippen molar-refractivity contribution < 1.29 is 0 Å². The Hall–Kier alpha value is -3.32. The molecule has 0 saturated carbocycles. The fourth-order valence-corrected chi connectivity index (χ4v) is 3.45. The van der Waals surface area contributed by atoms with Crippen molar-refractivity contribution in [1.29, 1.82) is 0 Å². The third kappa shape index (κ3) is 2.41. The lowest BCUT2D eigenvalue weighted by Gasteiger charge is -2.05. The van der Waals surface area contributed by atoms with Gasteiger partial charge < -0.3 is 0 Å². The summed E-state index contributed by atoms with van der Waals surface area (Å²) < 4.78 is 0. The number of nitrogens with zero attached hydrogens (tertiary/aromatic N) is 1. The summed E-state index contributed by atoms with van der Waals surface area (Å²) in [4.78, 5) is 0. The summed E-state index contributed by atoms with van der Waals surface area (Å²) in [6, 6.07) is 34.0. The van der Waals surface area contributed by atoms with Gasteiger partial charge in [0, 0.05) is 11.1 Å². The minimum atomic E-state index is 1.06. The predicted octanol–water partition coefficient (Wildman–Crippen LogP) is 6.57. The molecule has 5 rings (SSSR count). The van der Waals surface area contributed by atoms with E-state index in [1.54, 1.807) is 0 Å². The Kier molecular flexibility index (Phi) is 3.17. The van der Waals surface area contributed by atoms with E-state index < -0.39 is 0 Å². The third-order valence-corrected chi connectivity index (χ3v) is 4.74. The largest absolute Gasteiger partial charge is 0.248 e. The molecule has 4 aromatic carbocycles. The molecule has 25 heavy (non-hydrogen) atoms. The van der Waals surface area contributed by atoms with Gasteiger partial charge in [-0.15, -0.1) is 0 Å². The molecule has 0 aromatic heterocycles. The fourth-order valence-electron chi connectivity index (χ4n) is 3.45. The first-order valence-corrected chi connectivity index (χ1v) is 8.49. The van der Waals surface area contributed by atoms with Gasteiger partial charge in [-0.05, 0) is 34.4 Å². The van der Waals surface area contributed by atoms with Gasteiger partial charge in [-0.25, -0.2) is 5.32 Å². The molecule has 0 amide bonds. The number of fused-ring (bicyclic) bond motifs is 3. The van der Waals surface area contributed by atoms with E-state index >= 15 is 0 Å². The lowest BCUT2D eigenvalue weighted by atomic mass is 9.98. The Morgan fingerprint density at radius 2 is 0.840 bits per heavy atom. The molecular formula is C24H16N. The second-order valence-electron chi connectivity index (χ2n) is 6.31. The molecule has 1 aliphatic heterocycles.